The van der Waals surface area contributed by atoms with Gasteiger partial charge >= 0.3 is 0 Å². The summed E-state index contributed by atoms with van der Waals surface area (Å²) in [5.41, 5.74) is 4.05. The van der Waals surface area contributed by atoms with Gasteiger partial charge in [-0.1, -0.05) is 6.07 Å². The smallest absolute Gasteiger partial charge is 0.115 e. The van der Waals surface area contributed by atoms with Crippen LogP contribution in [0.2, 0.25) is 0 Å². The van der Waals surface area contributed by atoms with Gasteiger partial charge in [-0.05, 0) is 42.5 Å². The first-order valence-corrected chi connectivity index (χ1v) is 4.75. The molecular formula is C11H15NO. The van der Waals surface area contributed by atoms with Crippen LogP contribution in [0.5, 0.6) is 0 Å². The number of fused-ring (bicyclic) bond motifs is 1. The molecule has 0 saturated heterocycles. The van der Waals surface area contributed by atoms with Crippen LogP contribution in [0.4, 0.5) is 5.69 Å². The lowest BCUT2D eigenvalue weighted by Gasteiger charge is -2.16. The predicted octanol–water partition coefficient (Wildman–Crippen LogP) is 1.56. The van der Waals surface area contributed by atoms with E-state index < -0.39 is 0 Å². The number of anilines is 1. The maximum absolute atomic E-state index is 8.96. The SMILES string of the molecule is CN(CO)c1ccc2c(c1)CCC2. The lowest BCUT2D eigenvalue weighted by Crippen LogP contribution is -2.17. The average Bonchev–Trinajstić information content (AvgIpc) is 2.63. The fourth-order valence-corrected chi connectivity index (χ4v) is 1.88. The molecule has 0 aliphatic heterocycles. The Morgan fingerprint density at radius 1 is 1.31 bits per heavy atom. The minimum absolute atomic E-state index is 0.0821. The Kier molecular flexibility index (Phi) is 2.23. The van der Waals surface area contributed by atoms with Gasteiger partial charge in [0.05, 0.1) is 0 Å². The molecule has 1 aliphatic carbocycles. The second-order valence-electron chi connectivity index (χ2n) is 3.65. The molecule has 2 rings (SSSR count). The predicted molar refractivity (Wildman–Crippen MR) is 54.0 cm³/mol. The van der Waals surface area contributed by atoms with Crippen molar-refractivity contribution in [3.05, 3.63) is 29.3 Å². The van der Waals surface area contributed by atoms with Crippen molar-refractivity contribution in [3.8, 4) is 0 Å². The van der Waals surface area contributed by atoms with Gasteiger partial charge in [-0.2, -0.15) is 0 Å². The molecule has 13 heavy (non-hydrogen) atoms. The van der Waals surface area contributed by atoms with Gasteiger partial charge in [-0.3, -0.25) is 0 Å². The van der Waals surface area contributed by atoms with Crippen LogP contribution < -0.4 is 4.90 Å². The highest BCUT2D eigenvalue weighted by molar-refractivity contribution is 5.51. The standard InChI is InChI=1S/C11H15NO/c1-12(8-13)11-6-5-9-3-2-4-10(9)7-11/h5-7,13H,2-4,8H2,1H3. The van der Waals surface area contributed by atoms with Gasteiger partial charge in [-0.15, -0.1) is 0 Å². The van der Waals surface area contributed by atoms with Crippen molar-refractivity contribution in [1.82, 2.24) is 0 Å². The second kappa shape index (κ2) is 3.38. The third kappa shape index (κ3) is 1.54. The number of aliphatic hydroxyl groups is 1. The quantitative estimate of drug-likeness (QED) is 0.693. The molecule has 2 heteroatoms. The summed E-state index contributed by atoms with van der Waals surface area (Å²) in [5, 5.41) is 8.96. The van der Waals surface area contributed by atoms with E-state index in [4.69, 9.17) is 5.11 Å². The first-order valence-electron chi connectivity index (χ1n) is 4.75. The number of hydrogen-bond acceptors (Lipinski definition) is 2. The van der Waals surface area contributed by atoms with Crippen LogP contribution in [-0.4, -0.2) is 18.9 Å². The van der Waals surface area contributed by atoms with Gasteiger partial charge in [0.15, 0.2) is 0 Å². The summed E-state index contributed by atoms with van der Waals surface area (Å²) in [4.78, 5) is 1.85. The first kappa shape index (κ1) is 8.57. The molecule has 0 radical (unpaired) electrons. The summed E-state index contributed by atoms with van der Waals surface area (Å²) in [5.74, 6) is 0. The van der Waals surface area contributed by atoms with Gasteiger partial charge in [0, 0.05) is 12.7 Å². The lowest BCUT2D eigenvalue weighted by molar-refractivity contribution is 0.298. The van der Waals surface area contributed by atoms with Crippen molar-refractivity contribution < 1.29 is 5.11 Å². The van der Waals surface area contributed by atoms with Crippen molar-refractivity contribution in [3.63, 3.8) is 0 Å². The summed E-state index contributed by atoms with van der Waals surface area (Å²) in [6, 6.07) is 6.46. The fraction of sp³-hybridized carbons (Fsp3) is 0.455. The molecular weight excluding hydrogens is 162 g/mol. The van der Waals surface area contributed by atoms with Crippen LogP contribution in [-0.2, 0) is 12.8 Å². The van der Waals surface area contributed by atoms with Gasteiger partial charge in [0.25, 0.3) is 0 Å². The van der Waals surface area contributed by atoms with Gasteiger partial charge in [-0.25, -0.2) is 0 Å². The number of benzene rings is 1. The molecule has 70 valence electrons. The summed E-state index contributed by atoms with van der Waals surface area (Å²) in [6.45, 7) is 0.0821. The third-order valence-corrected chi connectivity index (χ3v) is 2.73. The molecule has 2 nitrogen and oxygen atoms in total. The summed E-state index contributed by atoms with van der Waals surface area (Å²) in [7, 11) is 1.90. The van der Waals surface area contributed by atoms with Crippen molar-refractivity contribution in [2.45, 2.75) is 19.3 Å². The number of aryl methyl sites for hydroxylation is 2. The Hall–Kier alpha value is -1.02. The average molecular weight is 177 g/mol. The Balaban J connectivity index is 2.30. The van der Waals surface area contributed by atoms with Crippen LogP contribution in [0.15, 0.2) is 18.2 Å². The molecule has 0 unspecified atom stereocenters. The zero-order valence-corrected chi connectivity index (χ0v) is 7.95. The maximum atomic E-state index is 8.96. The van der Waals surface area contributed by atoms with Crippen LogP contribution >= 0.6 is 0 Å². The normalized spacial score (nSPS) is 14.3. The molecule has 0 heterocycles. The maximum Gasteiger partial charge on any atom is 0.115 e. The Morgan fingerprint density at radius 2 is 2.08 bits per heavy atom. The zero-order chi connectivity index (χ0) is 9.26. The van der Waals surface area contributed by atoms with E-state index in [1.807, 2.05) is 11.9 Å². The van der Waals surface area contributed by atoms with E-state index in [0.29, 0.717) is 0 Å². The summed E-state index contributed by atoms with van der Waals surface area (Å²) >= 11 is 0. The molecule has 1 aromatic carbocycles. The molecule has 0 amide bonds. The lowest BCUT2D eigenvalue weighted by atomic mass is 10.1. The number of aliphatic hydroxyl groups excluding tert-OH is 1. The van der Waals surface area contributed by atoms with E-state index in [0.717, 1.165) is 5.69 Å². The van der Waals surface area contributed by atoms with E-state index in [1.54, 1.807) is 0 Å². The molecule has 0 spiro atoms. The van der Waals surface area contributed by atoms with Crippen molar-refractivity contribution >= 4 is 5.69 Å². The van der Waals surface area contributed by atoms with Crippen LogP contribution in [0.3, 0.4) is 0 Å². The minimum Gasteiger partial charge on any atom is -0.376 e. The largest absolute Gasteiger partial charge is 0.376 e. The monoisotopic (exact) mass is 177 g/mol. The number of nitrogens with zero attached hydrogens (tertiary/aromatic N) is 1. The molecule has 1 aliphatic rings. The van der Waals surface area contributed by atoms with E-state index >= 15 is 0 Å². The fourth-order valence-electron chi connectivity index (χ4n) is 1.88. The Bertz CT molecular complexity index is 309. The highest BCUT2D eigenvalue weighted by Gasteiger charge is 2.11. The van der Waals surface area contributed by atoms with E-state index in [2.05, 4.69) is 18.2 Å². The Labute approximate surface area is 78.8 Å². The highest BCUT2D eigenvalue weighted by Crippen LogP contribution is 2.25. The molecule has 0 atom stereocenters. The summed E-state index contributed by atoms with van der Waals surface area (Å²) in [6.07, 6.45) is 3.70. The topological polar surface area (TPSA) is 23.5 Å². The Morgan fingerprint density at radius 3 is 2.85 bits per heavy atom. The molecule has 1 aromatic rings. The van der Waals surface area contributed by atoms with E-state index in [9.17, 15) is 0 Å². The number of rotatable bonds is 2. The van der Waals surface area contributed by atoms with Gasteiger partial charge < -0.3 is 10.0 Å². The summed E-state index contributed by atoms with van der Waals surface area (Å²) < 4.78 is 0. The van der Waals surface area contributed by atoms with Crippen LogP contribution in [0.25, 0.3) is 0 Å². The van der Waals surface area contributed by atoms with Gasteiger partial charge in [0.1, 0.15) is 6.73 Å². The van der Waals surface area contributed by atoms with Crippen molar-refractivity contribution in [2.24, 2.45) is 0 Å². The van der Waals surface area contributed by atoms with Crippen molar-refractivity contribution in [1.29, 1.82) is 0 Å². The number of hydrogen-bond donors (Lipinski definition) is 1. The molecule has 0 saturated carbocycles. The molecule has 0 bridgehead atoms. The van der Waals surface area contributed by atoms with E-state index in [-0.39, 0.29) is 6.73 Å². The van der Waals surface area contributed by atoms with Gasteiger partial charge in [0.2, 0.25) is 0 Å². The van der Waals surface area contributed by atoms with Crippen molar-refractivity contribution in [2.75, 3.05) is 18.7 Å². The van der Waals surface area contributed by atoms with Crippen LogP contribution in [0, 0.1) is 0 Å². The third-order valence-electron chi connectivity index (χ3n) is 2.73. The van der Waals surface area contributed by atoms with E-state index in [1.165, 1.54) is 30.4 Å². The first-order chi connectivity index (χ1) is 6.31. The highest BCUT2D eigenvalue weighted by atomic mass is 16.3. The molecule has 0 fully saturated rings. The second-order valence-corrected chi connectivity index (χ2v) is 3.65. The molecule has 1 N–H and O–H groups in total. The zero-order valence-electron chi connectivity index (χ0n) is 7.95. The molecule has 0 aromatic heterocycles. The van der Waals surface area contributed by atoms with Crippen LogP contribution in [0.1, 0.15) is 17.5 Å². The minimum atomic E-state index is 0.0821.